The van der Waals surface area contributed by atoms with Crippen LogP contribution in [-0.2, 0) is 23.4 Å². The molecule has 4 aromatic carbocycles. The van der Waals surface area contributed by atoms with E-state index in [0.717, 1.165) is 38.3 Å². The smallest absolute Gasteiger partial charge is 0.406 e. The molecule has 0 spiro atoms. The summed E-state index contributed by atoms with van der Waals surface area (Å²) >= 11 is 0. The second-order valence-corrected chi connectivity index (χ2v) is 11.3. The Hall–Kier alpha value is -4.30. The lowest BCUT2D eigenvalue weighted by molar-refractivity contribution is -0.165. The lowest BCUT2D eigenvalue weighted by Crippen LogP contribution is -2.49. The van der Waals surface area contributed by atoms with Crippen LogP contribution < -0.4 is 15.2 Å². The highest BCUT2D eigenvalue weighted by atomic mass is 19.4. The molecule has 0 unspecified atom stereocenters. The first-order valence-corrected chi connectivity index (χ1v) is 14.8. The third-order valence-corrected chi connectivity index (χ3v) is 8.24. The van der Waals surface area contributed by atoms with Crippen LogP contribution >= 0.6 is 0 Å². The molecule has 4 aromatic rings. The summed E-state index contributed by atoms with van der Waals surface area (Å²) in [7, 11) is 1.45. The van der Waals surface area contributed by atoms with Crippen LogP contribution in [0.5, 0.6) is 11.5 Å². The Morgan fingerprint density at radius 1 is 0.886 bits per heavy atom. The Balaban J connectivity index is 1.51. The number of aryl methyl sites for hydroxylation is 1. The predicted octanol–water partition coefficient (Wildman–Crippen LogP) is 7.57. The lowest BCUT2D eigenvalue weighted by Gasteiger charge is -2.37. The summed E-state index contributed by atoms with van der Waals surface area (Å²) in [6.45, 7) is 1.07. The van der Waals surface area contributed by atoms with E-state index in [2.05, 4.69) is 0 Å². The fourth-order valence-electron chi connectivity index (χ4n) is 6.15. The van der Waals surface area contributed by atoms with Gasteiger partial charge < -0.3 is 20.1 Å². The maximum absolute atomic E-state index is 14.7. The zero-order valence-corrected chi connectivity index (χ0v) is 25.0. The van der Waals surface area contributed by atoms with E-state index in [1.807, 2.05) is 79.7 Å². The van der Waals surface area contributed by atoms with Gasteiger partial charge in [-0.05, 0) is 66.3 Å². The van der Waals surface area contributed by atoms with Gasteiger partial charge in [0.2, 0.25) is 5.91 Å². The van der Waals surface area contributed by atoms with Crippen LogP contribution in [-0.4, -0.2) is 37.2 Å². The Labute approximate surface area is 256 Å². The molecule has 0 fully saturated rings. The van der Waals surface area contributed by atoms with E-state index in [0.29, 0.717) is 49.5 Å². The predicted molar refractivity (Wildman–Crippen MR) is 166 cm³/mol. The van der Waals surface area contributed by atoms with Crippen molar-refractivity contribution < 1.29 is 27.4 Å². The van der Waals surface area contributed by atoms with Crippen molar-refractivity contribution in [3.8, 4) is 22.6 Å². The number of carbonyl (C=O) groups excluding carboxylic acids is 1. The molecule has 5 nitrogen and oxygen atoms in total. The highest BCUT2D eigenvalue weighted by Crippen LogP contribution is 2.52. The number of methoxy groups -OCH3 is 1. The second kappa shape index (κ2) is 13.1. The molecule has 230 valence electrons. The van der Waals surface area contributed by atoms with Crippen LogP contribution in [0.15, 0.2) is 91.0 Å². The Bertz CT molecular complexity index is 1560. The highest BCUT2D eigenvalue weighted by molar-refractivity contribution is 6.00. The molecule has 1 aliphatic carbocycles. The number of hydrogen-bond acceptors (Lipinski definition) is 4. The monoisotopic (exact) mass is 602 g/mol. The molecule has 1 aliphatic rings. The minimum atomic E-state index is -4.62. The third-order valence-electron chi connectivity index (χ3n) is 8.24. The SMILES string of the molecule is COc1cc(OCc2ccc(C)cc2)ccc1CN(CC(F)(F)F)C(=O)C1(CCCCN)c2ccccc2-c2ccccc21. The summed E-state index contributed by atoms with van der Waals surface area (Å²) in [4.78, 5) is 15.7. The van der Waals surface area contributed by atoms with Gasteiger partial charge in [-0.2, -0.15) is 13.2 Å². The Morgan fingerprint density at radius 2 is 1.52 bits per heavy atom. The number of benzene rings is 4. The topological polar surface area (TPSA) is 64.8 Å². The van der Waals surface area contributed by atoms with Crippen molar-refractivity contribution in [1.82, 2.24) is 4.90 Å². The fraction of sp³-hybridized carbons (Fsp3) is 0.306. The maximum atomic E-state index is 14.7. The molecule has 0 bridgehead atoms. The summed E-state index contributed by atoms with van der Waals surface area (Å²) in [5.74, 6) is 0.263. The standard InChI is InChI=1S/C36H37F3N2O3/c1-25-13-15-26(16-14-25)23-44-28-18-17-27(33(21-28)43-2)22-41(24-36(37,38)39)34(42)35(19-7-8-20-40)31-11-5-3-9-29(31)30-10-4-6-12-32(30)35/h3-6,9-18,21H,7-8,19-20,22-24,40H2,1-2H3. The van der Waals surface area contributed by atoms with E-state index in [-0.39, 0.29) is 6.54 Å². The number of alkyl halides is 3. The molecule has 0 aliphatic heterocycles. The first-order chi connectivity index (χ1) is 21.2. The summed E-state index contributed by atoms with van der Waals surface area (Å²) in [5.41, 5.74) is 10.3. The van der Waals surface area contributed by atoms with Gasteiger partial charge in [-0.3, -0.25) is 4.79 Å². The normalized spacial score (nSPS) is 13.2. The van der Waals surface area contributed by atoms with Crippen LogP contribution in [0.4, 0.5) is 13.2 Å². The average molecular weight is 603 g/mol. The van der Waals surface area contributed by atoms with Gasteiger partial charge >= 0.3 is 6.18 Å². The number of unbranched alkanes of at least 4 members (excludes halogenated alkanes) is 1. The van der Waals surface area contributed by atoms with Crippen molar-refractivity contribution >= 4 is 5.91 Å². The van der Waals surface area contributed by atoms with E-state index in [9.17, 15) is 18.0 Å². The molecule has 0 aromatic heterocycles. The number of nitrogens with zero attached hydrogens (tertiary/aromatic N) is 1. The molecular weight excluding hydrogens is 565 g/mol. The average Bonchev–Trinajstić information content (AvgIpc) is 3.30. The zero-order chi connectivity index (χ0) is 31.3. The fourth-order valence-corrected chi connectivity index (χ4v) is 6.15. The van der Waals surface area contributed by atoms with Gasteiger partial charge in [-0.1, -0.05) is 84.8 Å². The molecule has 0 saturated carbocycles. The molecule has 5 rings (SSSR count). The van der Waals surface area contributed by atoms with Crippen LogP contribution in [0.3, 0.4) is 0 Å². The Kier molecular flexibility index (Phi) is 9.30. The molecule has 8 heteroatoms. The van der Waals surface area contributed by atoms with Gasteiger partial charge in [-0.25, -0.2) is 0 Å². The Morgan fingerprint density at radius 3 is 2.11 bits per heavy atom. The van der Waals surface area contributed by atoms with Crippen LogP contribution in [0, 0.1) is 6.92 Å². The van der Waals surface area contributed by atoms with Gasteiger partial charge in [0.15, 0.2) is 0 Å². The van der Waals surface area contributed by atoms with Crippen molar-refractivity contribution in [3.63, 3.8) is 0 Å². The molecule has 0 heterocycles. The number of ether oxygens (including phenoxy) is 2. The molecule has 44 heavy (non-hydrogen) atoms. The van der Waals surface area contributed by atoms with Gasteiger partial charge in [-0.15, -0.1) is 0 Å². The summed E-state index contributed by atoms with van der Waals surface area (Å²) in [6.07, 6.45) is -3.04. The van der Waals surface area contributed by atoms with E-state index < -0.39 is 24.0 Å². The van der Waals surface area contributed by atoms with Gasteiger partial charge in [0, 0.05) is 18.2 Å². The molecular formula is C36H37F3N2O3. The molecule has 2 N–H and O–H groups in total. The van der Waals surface area contributed by atoms with Gasteiger partial charge in [0.25, 0.3) is 0 Å². The van der Waals surface area contributed by atoms with Gasteiger partial charge in [0.05, 0.1) is 7.11 Å². The number of hydrogen-bond donors (Lipinski definition) is 1. The first-order valence-electron chi connectivity index (χ1n) is 14.8. The van der Waals surface area contributed by atoms with E-state index >= 15 is 0 Å². The van der Waals surface area contributed by atoms with E-state index in [1.54, 1.807) is 18.2 Å². The number of carbonyl (C=O) groups is 1. The summed E-state index contributed by atoms with van der Waals surface area (Å²) in [6, 6.07) is 28.0. The van der Waals surface area contributed by atoms with Crippen molar-refractivity contribution in [2.75, 3.05) is 20.2 Å². The van der Waals surface area contributed by atoms with Crippen LogP contribution in [0.1, 0.15) is 47.1 Å². The number of fused-ring (bicyclic) bond motifs is 3. The first kappa shape index (κ1) is 31.1. The van der Waals surface area contributed by atoms with E-state index in [1.165, 1.54) is 7.11 Å². The zero-order valence-electron chi connectivity index (χ0n) is 25.0. The number of amides is 1. The van der Waals surface area contributed by atoms with Crippen molar-refractivity contribution in [2.45, 2.75) is 50.9 Å². The molecule has 0 atom stereocenters. The molecule has 1 amide bonds. The molecule has 0 radical (unpaired) electrons. The number of rotatable bonds is 12. The lowest BCUT2D eigenvalue weighted by atomic mass is 9.73. The third kappa shape index (κ3) is 6.45. The summed E-state index contributed by atoms with van der Waals surface area (Å²) in [5, 5.41) is 0. The van der Waals surface area contributed by atoms with Gasteiger partial charge in [0.1, 0.15) is 30.1 Å². The number of halogens is 3. The van der Waals surface area contributed by atoms with E-state index in [4.69, 9.17) is 15.2 Å². The minimum Gasteiger partial charge on any atom is -0.496 e. The second-order valence-electron chi connectivity index (χ2n) is 11.3. The van der Waals surface area contributed by atoms with Crippen molar-refractivity contribution in [2.24, 2.45) is 5.73 Å². The minimum absolute atomic E-state index is 0.289. The van der Waals surface area contributed by atoms with Crippen LogP contribution in [0.2, 0.25) is 0 Å². The van der Waals surface area contributed by atoms with Crippen molar-refractivity contribution in [1.29, 1.82) is 0 Å². The quantitative estimate of drug-likeness (QED) is 0.170. The van der Waals surface area contributed by atoms with Crippen LogP contribution in [0.25, 0.3) is 11.1 Å². The molecule has 0 saturated heterocycles. The van der Waals surface area contributed by atoms with Crippen molar-refractivity contribution in [3.05, 3.63) is 119 Å². The maximum Gasteiger partial charge on any atom is 0.406 e. The largest absolute Gasteiger partial charge is 0.496 e. The number of nitrogens with two attached hydrogens (primary N) is 1. The highest BCUT2D eigenvalue weighted by Gasteiger charge is 2.51. The summed E-state index contributed by atoms with van der Waals surface area (Å²) < 4.78 is 54.0.